The van der Waals surface area contributed by atoms with Gasteiger partial charge in [0.15, 0.2) is 0 Å². The molecule has 2 N–H and O–H groups in total. The fourth-order valence-corrected chi connectivity index (χ4v) is 3.55. The summed E-state index contributed by atoms with van der Waals surface area (Å²) in [7, 11) is 0. The summed E-state index contributed by atoms with van der Waals surface area (Å²) in [6.07, 6.45) is 5.15. The van der Waals surface area contributed by atoms with Crippen molar-refractivity contribution in [1.82, 2.24) is 0 Å². The number of hydrogen-bond donors (Lipinski definition) is 1. The van der Waals surface area contributed by atoms with Gasteiger partial charge in [-0.15, -0.1) is 0 Å². The van der Waals surface area contributed by atoms with E-state index < -0.39 is 5.54 Å². The third-order valence-corrected chi connectivity index (χ3v) is 4.56. The molecule has 3 atom stereocenters. The van der Waals surface area contributed by atoms with Gasteiger partial charge in [-0.2, -0.15) is 5.26 Å². The highest BCUT2D eigenvalue weighted by molar-refractivity contribution is 5.31. The summed E-state index contributed by atoms with van der Waals surface area (Å²) in [4.78, 5) is 0. The van der Waals surface area contributed by atoms with Crippen LogP contribution in [-0.4, -0.2) is 5.54 Å². The van der Waals surface area contributed by atoms with E-state index in [-0.39, 0.29) is 0 Å². The van der Waals surface area contributed by atoms with Gasteiger partial charge in [0, 0.05) is 0 Å². The Balaban J connectivity index is 1.86. The number of fused-ring (bicyclic) bond motifs is 2. The molecule has 0 saturated heterocycles. The lowest BCUT2D eigenvalue weighted by atomic mass is 9.64. The minimum Gasteiger partial charge on any atom is -0.313 e. The van der Waals surface area contributed by atoms with Crippen molar-refractivity contribution in [2.75, 3.05) is 0 Å². The van der Waals surface area contributed by atoms with Crippen molar-refractivity contribution in [3.63, 3.8) is 0 Å². The third kappa shape index (κ3) is 1.85. The van der Waals surface area contributed by atoms with Gasteiger partial charge in [0.05, 0.1) is 6.07 Å². The predicted octanol–water partition coefficient (Wildman–Crippen LogP) is 2.42. The van der Waals surface area contributed by atoms with E-state index in [0.29, 0.717) is 5.92 Å². The molecule has 0 unspecified atom stereocenters. The molecule has 0 amide bonds. The summed E-state index contributed by atoms with van der Waals surface area (Å²) in [6.45, 7) is 0. The van der Waals surface area contributed by atoms with Crippen molar-refractivity contribution in [2.45, 2.75) is 37.6 Å². The lowest BCUT2D eigenvalue weighted by Crippen LogP contribution is -2.47. The number of hydrogen-bond acceptors (Lipinski definition) is 2. The fourth-order valence-electron chi connectivity index (χ4n) is 3.55. The maximum absolute atomic E-state index is 9.16. The van der Waals surface area contributed by atoms with Crippen LogP contribution in [-0.2, 0) is 12.8 Å². The minimum atomic E-state index is -0.562. The van der Waals surface area contributed by atoms with E-state index in [1.165, 1.54) is 17.5 Å². The third-order valence-electron chi connectivity index (χ3n) is 4.56. The topological polar surface area (TPSA) is 49.8 Å². The molecule has 1 aromatic carbocycles. The van der Waals surface area contributed by atoms with Crippen molar-refractivity contribution in [2.24, 2.45) is 17.6 Å². The van der Waals surface area contributed by atoms with Crippen LogP contribution in [0.5, 0.6) is 0 Å². The molecular formula is C15H18N2. The number of nitrogens with zero attached hydrogens (tertiary/aromatic N) is 1. The van der Waals surface area contributed by atoms with Crippen molar-refractivity contribution in [1.29, 1.82) is 5.26 Å². The Labute approximate surface area is 102 Å². The van der Waals surface area contributed by atoms with Crippen LogP contribution in [0.3, 0.4) is 0 Å². The number of rotatable bonds is 0. The second kappa shape index (κ2) is 3.85. The molecule has 0 bridgehead atoms. The van der Waals surface area contributed by atoms with Gasteiger partial charge in [-0.25, -0.2) is 0 Å². The Hall–Kier alpha value is -1.33. The summed E-state index contributed by atoms with van der Waals surface area (Å²) in [5, 5.41) is 9.16. The molecule has 1 saturated carbocycles. The maximum atomic E-state index is 9.16. The highest BCUT2D eigenvalue weighted by Gasteiger charge is 2.40. The largest absolute Gasteiger partial charge is 0.313 e. The first kappa shape index (κ1) is 10.8. The van der Waals surface area contributed by atoms with Crippen LogP contribution in [0.15, 0.2) is 24.3 Å². The van der Waals surface area contributed by atoms with Gasteiger partial charge in [0.1, 0.15) is 5.54 Å². The van der Waals surface area contributed by atoms with Crippen LogP contribution in [0, 0.1) is 23.2 Å². The van der Waals surface area contributed by atoms with E-state index in [0.717, 1.165) is 31.6 Å². The smallest absolute Gasteiger partial charge is 0.104 e. The molecule has 0 aliphatic heterocycles. The normalized spacial score (nSPS) is 35.5. The molecule has 0 heterocycles. The van der Waals surface area contributed by atoms with Crippen LogP contribution in [0.2, 0.25) is 0 Å². The van der Waals surface area contributed by atoms with Gasteiger partial charge in [0.2, 0.25) is 0 Å². The van der Waals surface area contributed by atoms with E-state index in [2.05, 4.69) is 30.3 Å². The molecule has 0 spiro atoms. The molecule has 2 aliphatic rings. The van der Waals surface area contributed by atoms with Gasteiger partial charge in [0.25, 0.3) is 0 Å². The molecule has 1 fully saturated rings. The zero-order valence-electron chi connectivity index (χ0n) is 10.0. The quantitative estimate of drug-likeness (QED) is 0.738. The fraction of sp³-hybridized carbons (Fsp3) is 0.533. The second-order valence-electron chi connectivity index (χ2n) is 5.71. The SMILES string of the molecule is N#C[C@]1(N)CC[C@@H]2Cc3ccccc3C[C@H]2C1. The van der Waals surface area contributed by atoms with Crippen molar-refractivity contribution >= 4 is 0 Å². The van der Waals surface area contributed by atoms with Crippen molar-refractivity contribution in [3.05, 3.63) is 35.4 Å². The van der Waals surface area contributed by atoms with Crippen LogP contribution in [0.4, 0.5) is 0 Å². The van der Waals surface area contributed by atoms with Gasteiger partial charge >= 0.3 is 0 Å². The maximum Gasteiger partial charge on any atom is 0.104 e. The molecule has 17 heavy (non-hydrogen) atoms. The zero-order valence-corrected chi connectivity index (χ0v) is 10.0. The summed E-state index contributed by atoms with van der Waals surface area (Å²) in [5.74, 6) is 1.36. The lowest BCUT2D eigenvalue weighted by molar-refractivity contribution is 0.172. The zero-order chi connectivity index (χ0) is 11.9. The number of nitrogens with two attached hydrogens (primary N) is 1. The highest BCUT2D eigenvalue weighted by atomic mass is 14.8. The van der Waals surface area contributed by atoms with Crippen LogP contribution >= 0.6 is 0 Å². The first-order valence-corrected chi connectivity index (χ1v) is 6.47. The van der Waals surface area contributed by atoms with E-state index in [1.54, 1.807) is 0 Å². The van der Waals surface area contributed by atoms with Gasteiger partial charge in [-0.05, 0) is 55.1 Å². The van der Waals surface area contributed by atoms with Gasteiger partial charge in [-0.1, -0.05) is 24.3 Å². The Morgan fingerprint density at radius 3 is 2.47 bits per heavy atom. The molecule has 2 heteroatoms. The summed E-state index contributed by atoms with van der Waals surface area (Å²) < 4.78 is 0. The lowest BCUT2D eigenvalue weighted by Gasteiger charge is -2.42. The van der Waals surface area contributed by atoms with Gasteiger partial charge < -0.3 is 5.73 Å². The molecular weight excluding hydrogens is 208 g/mol. The predicted molar refractivity (Wildman–Crippen MR) is 67.2 cm³/mol. The number of benzene rings is 1. The highest BCUT2D eigenvalue weighted by Crippen LogP contribution is 2.42. The average molecular weight is 226 g/mol. The van der Waals surface area contributed by atoms with Gasteiger partial charge in [-0.3, -0.25) is 0 Å². The number of nitriles is 1. The molecule has 2 aliphatic carbocycles. The molecule has 3 rings (SSSR count). The monoisotopic (exact) mass is 226 g/mol. The van der Waals surface area contributed by atoms with Crippen LogP contribution in [0.25, 0.3) is 0 Å². The average Bonchev–Trinajstić information content (AvgIpc) is 2.36. The van der Waals surface area contributed by atoms with Crippen LogP contribution < -0.4 is 5.73 Å². The second-order valence-corrected chi connectivity index (χ2v) is 5.71. The first-order chi connectivity index (χ1) is 8.20. The summed E-state index contributed by atoms with van der Waals surface area (Å²) in [6, 6.07) is 11.0. The van der Waals surface area contributed by atoms with E-state index >= 15 is 0 Å². The summed E-state index contributed by atoms with van der Waals surface area (Å²) in [5.41, 5.74) is 8.54. The minimum absolute atomic E-state index is 0.562. The molecule has 0 radical (unpaired) electrons. The van der Waals surface area contributed by atoms with E-state index in [1.807, 2.05) is 0 Å². The Morgan fingerprint density at radius 1 is 1.18 bits per heavy atom. The molecule has 88 valence electrons. The van der Waals surface area contributed by atoms with E-state index in [9.17, 15) is 0 Å². The van der Waals surface area contributed by atoms with Crippen molar-refractivity contribution < 1.29 is 0 Å². The van der Waals surface area contributed by atoms with Crippen LogP contribution in [0.1, 0.15) is 30.4 Å². The standard InChI is InChI=1S/C15H18N2/c16-10-15(17)6-5-13-7-11-3-1-2-4-12(11)8-14(13)9-15/h1-4,13-14H,5-9,17H2/t13-,14+,15+/m1/s1. The van der Waals surface area contributed by atoms with Crippen molar-refractivity contribution in [3.8, 4) is 6.07 Å². The summed E-state index contributed by atoms with van der Waals surface area (Å²) >= 11 is 0. The Bertz CT molecular complexity index is 474. The molecule has 2 nitrogen and oxygen atoms in total. The molecule has 0 aromatic heterocycles. The molecule has 1 aromatic rings. The first-order valence-electron chi connectivity index (χ1n) is 6.47. The Morgan fingerprint density at radius 2 is 1.82 bits per heavy atom. The Kier molecular flexibility index (Phi) is 2.45. The van der Waals surface area contributed by atoms with E-state index in [4.69, 9.17) is 11.0 Å².